The summed E-state index contributed by atoms with van der Waals surface area (Å²) < 4.78 is 46.9. The Balaban J connectivity index is 1.53. The highest BCUT2D eigenvalue weighted by atomic mass is 19.4. The number of hydrogen-bond donors (Lipinski definition) is 1. The second kappa shape index (κ2) is 8.35. The number of carbonyl (C=O) groups is 1. The number of amides is 1. The minimum atomic E-state index is -4.36. The molecule has 0 aliphatic carbocycles. The lowest BCUT2D eigenvalue weighted by Crippen LogP contribution is -2.40. The Morgan fingerprint density at radius 3 is 2.71 bits per heavy atom. The van der Waals surface area contributed by atoms with E-state index in [0.29, 0.717) is 36.6 Å². The van der Waals surface area contributed by atoms with Crippen molar-refractivity contribution in [1.82, 2.24) is 24.6 Å². The van der Waals surface area contributed by atoms with Gasteiger partial charge in [0.25, 0.3) is 5.91 Å². The average molecular weight is 438 g/mol. The molecule has 0 aromatic carbocycles. The number of ether oxygens (including phenoxy) is 1. The molecule has 168 valence electrons. The second-order valence-electron chi connectivity index (χ2n) is 7.99. The number of likely N-dealkylation sites (tertiary alicyclic amines) is 1. The van der Waals surface area contributed by atoms with Gasteiger partial charge in [-0.1, -0.05) is 6.92 Å². The number of carbonyl (C=O) groups excluding carboxylic acids is 1. The van der Waals surface area contributed by atoms with Gasteiger partial charge in [0.1, 0.15) is 5.82 Å². The first-order valence-electron chi connectivity index (χ1n) is 10.4. The van der Waals surface area contributed by atoms with Crippen molar-refractivity contribution in [1.29, 1.82) is 0 Å². The number of aromatic nitrogens is 4. The molecule has 1 saturated heterocycles. The summed E-state index contributed by atoms with van der Waals surface area (Å²) >= 11 is 0. The van der Waals surface area contributed by atoms with Crippen molar-refractivity contribution >= 4 is 11.7 Å². The Morgan fingerprint density at radius 1 is 1.32 bits per heavy atom. The zero-order chi connectivity index (χ0) is 22.2. The molecule has 1 fully saturated rings. The normalized spacial score (nSPS) is 23.8. The standard InChI is InChI=1S/C20H25F3N6O2/c1-3-14-7-16(20(21,22)23)29-17(26-14)8-15(27-29)12-5-4-6-28(11-12)18(30)13-9-24-19(31-2)25-10-13/h8-10,12,14,16,26H,3-7,11H2,1-2H3/t12-,14-,16-/m1/s1. The minimum Gasteiger partial charge on any atom is -0.467 e. The van der Waals surface area contributed by atoms with E-state index in [1.807, 2.05) is 6.92 Å². The summed E-state index contributed by atoms with van der Waals surface area (Å²) in [5.74, 6) is 0.0434. The molecule has 0 saturated carbocycles. The van der Waals surface area contributed by atoms with Gasteiger partial charge in [0.2, 0.25) is 0 Å². The van der Waals surface area contributed by atoms with Gasteiger partial charge in [-0.05, 0) is 25.7 Å². The second-order valence-corrected chi connectivity index (χ2v) is 7.99. The molecule has 4 rings (SSSR count). The zero-order valence-corrected chi connectivity index (χ0v) is 17.4. The van der Waals surface area contributed by atoms with Gasteiger partial charge in [-0.25, -0.2) is 14.6 Å². The SMILES string of the molecule is CC[C@@H]1C[C@H](C(F)(F)F)n2nc([C@@H]3CCCN(C(=O)c4cnc(OC)nc4)C3)cc2N1. The van der Waals surface area contributed by atoms with Crippen LogP contribution in [0.5, 0.6) is 6.01 Å². The molecule has 0 radical (unpaired) electrons. The Kier molecular flexibility index (Phi) is 5.76. The minimum absolute atomic E-state index is 0.0408. The van der Waals surface area contributed by atoms with Crippen molar-refractivity contribution < 1.29 is 22.7 Å². The van der Waals surface area contributed by atoms with Crippen LogP contribution >= 0.6 is 0 Å². The van der Waals surface area contributed by atoms with Gasteiger partial charge in [-0.15, -0.1) is 0 Å². The largest absolute Gasteiger partial charge is 0.467 e. The average Bonchev–Trinajstić information content (AvgIpc) is 3.21. The van der Waals surface area contributed by atoms with Gasteiger partial charge in [0, 0.05) is 43.5 Å². The molecular weight excluding hydrogens is 413 g/mol. The number of fused-ring (bicyclic) bond motifs is 1. The lowest BCUT2D eigenvalue weighted by molar-refractivity contribution is -0.173. The van der Waals surface area contributed by atoms with Gasteiger partial charge in [0.15, 0.2) is 6.04 Å². The molecule has 1 N–H and O–H groups in total. The molecule has 4 heterocycles. The van der Waals surface area contributed by atoms with Crippen molar-refractivity contribution in [2.45, 2.75) is 56.8 Å². The van der Waals surface area contributed by atoms with Crippen LogP contribution in [-0.4, -0.2) is 63.0 Å². The molecule has 1 amide bonds. The van der Waals surface area contributed by atoms with E-state index in [1.54, 1.807) is 11.0 Å². The molecule has 2 aromatic rings. The van der Waals surface area contributed by atoms with E-state index in [9.17, 15) is 18.0 Å². The fourth-order valence-electron chi connectivity index (χ4n) is 4.25. The highest BCUT2D eigenvalue weighted by Gasteiger charge is 2.46. The van der Waals surface area contributed by atoms with Crippen LogP contribution in [-0.2, 0) is 0 Å². The number of nitrogens with zero attached hydrogens (tertiary/aromatic N) is 5. The van der Waals surface area contributed by atoms with Crippen LogP contribution in [0.3, 0.4) is 0 Å². The summed E-state index contributed by atoms with van der Waals surface area (Å²) in [4.78, 5) is 22.5. The molecule has 31 heavy (non-hydrogen) atoms. The van der Waals surface area contributed by atoms with Crippen LogP contribution in [0.25, 0.3) is 0 Å². The number of halogens is 3. The van der Waals surface area contributed by atoms with Crippen molar-refractivity contribution in [3.05, 3.63) is 29.7 Å². The highest BCUT2D eigenvalue weighted by molar-refractivity contribution is 5.93. The molecule has 11 heteroatoms. The van der Waals surface area contributed by atoms with Crippen molar-refractivity contribution in [3.63, 3.8) is 0 Å². The lowest BCUT2D eigenvalue weighted by Gasteiger charge is -2.33. The molecule has 8 nitrogen and oxygen atoms in total. The molecule has 2 aliphatic rings. The van der Waals surface area contributed by atoms with E-state index in [2.05, 4.69) is 20.4 Å². The number of hydrogen-bond acceptors (Lipinski definition) is 6. The number of nitrogens with one attached hydrogen (secondary N) is 1. The highest BCUT2D eigenvalue weighted by Crippen LogP contribution is 2.41. The van der Waals surface area contributed by atoms with E-state index >= 15 is 0 Å². The maximum atomic E-state index is 13.6. The smallest absolute Gasteiger partial charge is 0.410 e. The Bertz CT molecular complexity index is 930. The van der Waals surface area contributed by atoms with Crippen molar-refractivity contribution in [2.75, 3.05) is 25.5 Å². The van der Waals surface area contributed by atoms with E-state index in [1.165, 1.54) is 19.5 Å². The fraction of sp³-hybridized carbons (Fsp3) is 0.600. The maximum absolute atomic E-state index is 13.6. The van der Waals surface area contributed by atoms with E-state index in [4.69, 9.17) is 4.74 Å². The fourth-order valence-corrected chi connectivity index (χ4v) is 4.25. The zero-order valence-electron chi connectivity index (χ0n) is 17.4. The number of alkyl halides is 3. The van der Waals surface area contributed by atoms with Crippen LogP contribution < -0.4 is 10.1 Å². The third kappa shape index (κ3) is 4.31. The molecule has 0 unspecified atom stereocenters. The van der Waals surface area contributed by atoms with Gasteiger partial charge in [-0.2, -0.15) is 18.3 Å². The molecule has 0 spiro atoms. The summed E-state index contributed by atoms with van der Waals surface area (Å²) in [7, 11) is 1.44. The summed E-state index contributed by atoms with van der Waals surface area (Å²) in [6.07, 6.45) is 0.516. The summed E-state index contributed by atoms with van der Waals surface area (Å²) in [6, 6.07) is -0.00689. The van der Waals surface area contributed by atoms with Gasteiger partial charge in [0.05, 0.1) is 18.4 Å². The van der Waals surface area contributed by atoms with Crippen molar-refractivity contribution in [2.24, 2.45) is 0 Å². The van der Waals surface area contributed by atoms with Gasteiger partial charge < -0.3 is 15.0 Å². The first-order valence-corrected chi connectivity index (χ1v) is 10.4. The third-order valence-electron chi connectivity index (χ3n) is 5.96. The predicted molar refractivity (Wildman–Crippen MR) is 106 cm³/mol. The summed E-state index contributed by atoms with van der Waals surface area (Å²) in [5.41, 5.74) is 0.923. The summed E-state index contributed by atoms with van der Waals surface area (Å²) in [6.45, 7) is 2.82. The monoisotopic (exact) mass is 438 g/mol. The first-order chi connectivity index (χ1) is 14.8. The number of anilines is 1. The lowest BCUT2D eigenvalue weighted by atomic mass is 9.94. The third-order valence-corrected chi connectivity index (χ3v) is 5.96. The Morgan fingerprint density at radius 2 is 2.06 bits per heavy atom. The Labute approximate surface area is 177 Å². The Hall–Kier alpha value is -2.85. The first kappa shape index (κ1) is 21.4. The van der Waals surface area contributed by atoms with Crippen LogP contribution in [0.4, 0.5) is 19.0 Å². The molecule has 3 atom stereocenters. The quantitative estimate of drug-likeness (QED) is 0.788. The number of rotatable bonds is 4. The van der Waals surface area contributed by atoms with Gasteiger partial charge >= 0.3 is 12.2 Å². The predicted octanol–water partition coefficient (Wildman–Crippen LogP) is 3.40. The number of piperidine rings is 1. The van der Waals surface area contributed by atoms with E-state index < -0.39 is 12.2 Å². The van der Waals surface area contributed by atoms with Crippen LogP contribution in [0.15, 0.2) is 18.5 Å². The van der Waals surface area contributed by atoms with E-state index in [0.717, 1.165) is 17.5 Å². The van der Waals surface area contributed by atoms with Crippen molar-refractivity contribution in [3.8, 4) is 6.01 Å². The molecule has 2 aliphatic heterocycles. The maximum Gasteiger partial charge on any atom is 0.410 e. The van der Waals surface area contributed by atoms with Crippen LogP contribution in [0, 0.1) is 0 Å². The molecule has 0 bridgehead atoms. The van der Waals surface area contributed by atoms with Gasteiger partial charge in [-0.3, -0.25) is 4.79 Å². The van der Waals surface area contributed by atoms with E-state index in [-0.39, 0.29) is 30.3 Å². The topological polar surface area (TPSA) is 85.2 Å². The summed E-state index contributed by atoms with van der Waals surface area (Å²) in [5, 5.41) is 7.51. The molecular formula is C20H25F3N6O2. The number of methoxy groups -OCH3 is 1. The molecule has 2 aromatic heterocycles. The van der Waals surface area contributed by atoms with Crippen LogP contribution in [0.1, 0.15) is 60.6 Å². The van der Waals surface area contributed by atoms with Crippen LogP contribution in [0.2, 0.25) is 0 Å².